The summed E-state index contributed by atoms with van der Waals surface area (Å²) in [7, 11) is -0.493. The van der Waals surface area contributed by atoms with E-state index < -0.39 is 18.3 Å². The van der Waals surface area contributed by atoms with Gasteiger partial charge in [-0.1, -0.05) is 0 Å². The maximum absolute atomic E-state index is 12.0. The molecule has 0 aromatic carbocycles. The molecule has 1 amide bonds. The van der Waals surface area contributed by atoms with Gasteiger partial charge < -0.3 is 14.6 Å². The lowest BCUT2D eigenvalue weighted by molar-refractivity contribution is -0.117. The van der Waals surface area contributed by atoms with E-state index in [4.69, 9.17) is 9.31 Å². The average Bonchev–Trinajstić information content (AvgIpc) is 3.19. The van der Waals surface area contributed by atoms with E-state index in [2.05, 4.69) is 10.3 Å². The van der Waals surface area contributed by atoms with Crippen LogP contribution in [0.1, 0.15) is 40.5 Å². The molecule has 0 radical (unpaired) electrons. The summed E-state index contributed by atoms with van der Waals surface area (Å²) in [4.78, 5) is 16.1. The van der Waals surface area contributed by atoms with Gasteiger partial charge in [-0.2, -0.15) is 0 Å². The third-order valence-electron chi connectivity index (χ3n) is 4.57. The van der Waals surface area contributed by atoms with E-state index >= 15 is 0 Å². The molecule has 2 aliphatic rings. The molecule has 0 unspecified atom stereocenters. The van der Waals surface area contributed by atoms with Crippen LogP contribution in [-0.4, -0.2) is 29.2 Å². The van der Waals surface area contributed by atoms with Crippen molar-refractivity contribution >= 4 is 24.2 Å². The molecule has 1 aliphatic carbocycles. The highest BCUT2D eigenvalue weighted by molar-refractivity contribution is 6.64. The Morgan fingerprint density at radius 2 is 1.90 bits per heavy atom. The molecule has 2 heterocycles. The fourth-order valence-electron chi connectivity index (χ4n) is 2.27. The molecule has 21 heavy (non-hydrogen) atoms. The van der Waals surface area contributed by atoms with Crippen molar-refractivity contribution in [3.8, 4) is 0 Å². The summed E-state index contributed by atoms with van der Waals surface area (Å²) in [6.07, 6.45) is 5.28. The molecule has 1 saturated carbocycles. The van der Waals surface area contributed by atoms with Crippen molar-refractivity contribution in [2.45, 2.75) is 51.7 Å². The fourth-order valence-corrected chi connectivity index (χ4v) is 2.27. The molecule has 1 aliphatic heterocycles. The predicted molar refractivity (Wildman–Crippen MR) is 81.3 cm³/mol. The number of pyridine rings is 1. The summed E-state index contributed by atoms with van der Waals surface area (Å²) in [5.41, 5.74) is 0.683. The van der Waals surface area contributed by atoms with Crippen molar-refractivity contribution in [1.82, 2.24) is 4.98 Å². The highest BCUT2D eigenvalue weighted by Crippen LogP contribution is 2.37. The van der Waals surface area contributed by atoms with Gasteiger partial charge in [-0.25, -0.2) is 0 Å². The van der Waals surface area contributed by atoms with Gasteiger partial charge in [0.1, 0.15) is 0 Å². The Kier molecular flexibility index (Phi) is 3.33. The lowest BCUT2D eigenvalue weighted by Crippen LogP contribution is -2.41. The van der Waals surface area contributed by atoms with Crippen molar-refractivity contribution in [1.29, 1.82) is 0 Å². The molecule has 6 heteroatoms. The first-order chi connectivity index (χ1) is 9.80. The first kappa shape index (κ1) is 14.5. The number of hydrogen-bond donors (Lipinski definition) is 1. The Labute approximate surface area is 125 Å². The van der Waals surface area contributed by atoms with Gasteiger partial charge in [0, 0.05) is 17.6 Å². The Morgan fingerprint density at radius 1 is 1.29 bits per heavy atom. The molecule has 0 spiro atoms. The van der Waals surface area contributed by atoms with Gasteiger partial charge in [-0.3, -0.25) is 9.78 Å². The first-order valence-corrected chi connectivity index (χ1v) is 7.40. The maximum Gasteiger partial charge on any atom is 0.497 e. The minimum atomic E-state index is -0.493. The number of nitrogens with zero attached hydrogens (tertiary/aromatic N) is 1. The van der Waals surface area contributed by atoms with E-state index in [9.17, 15) is 4.79 Å². The Bertz CT molecular complexity index is 554. The second-order valence-electron chi connectivity index (χ2n) is 6.81. The van der Waals surface area contributed by atoms with Crippen LogP contribution in [0.25, 0.3) is 0 Å². The molecule has 0 atom stereocenters. The summed E-state index contributed by atoms with van der Waals surface area (Å²) in [6.45, 7) is 8.04. The van der Waals surface area contributed by atoms with Crippen LogP contribution in [0, 0.1) is 5.92 Å². The Hall–Kier alpha value is -1.40. The van der Waals surface area contributed by atoms with Crippen molar-refractivity contribution < 1.29 is 14.1 Å². The van der Waals surface area contributed by atoms with Crippen LogP contribution in [0.3, 0.4) is 0 Å². The molecule has 1 aromatic heterocycles. The fraction of sp³-hybridized carbons (Fsp3) is 0.600. The number of carbonyl (C=O) groups excluding carboxylic acids is 1. The summed E-state index contributed by atoms with van der Waals surface area (Å²) in [5, 5.41) is 2.94. The van der Waals surface area contributed by atoms with E-state index in [-0.39, 0.29) is 11.8 Å². The molecule has 2 fully saturated rings. The van der Waals surface area contributed by atoms with E-state index in [0.717, 1.165) is 18.3 Å². The zero-order valence-corrected chi connectivity index (χ0v) is 13.0. The molecule has 3 rings (SSSR count). The van der Waals surface area contributed by atoms with Gasteiger partial charge in [-0.15, -0.1) is 0 Å². The third-order valence-corrected chi connectivity index (χ3v) is 4.57. The minimum Gasteiger partial charge on any atom is -0.399 e. The smallest absolute Gasteiger partial charge is 0.399 e. The molecule has 1 N–H and O–H groups in total. The van der Waals surface area contributed by atoms with Crippen molar-refractivity contribution in [3.63, 3.8) is 0 Å². The van der Waals surface area contributed by atoms with Crippen LogP contribution < -0.4 is 10.8 Å². The Balaban J connectivity index is 1.84. The molecule has 112 valence electrons. The Morgan fingerprint density at radius 3 is 2.48 bits per heavy atom. The molecule has 0 bridgehead atoms. The molecular weight excluding hydrogens is 267 g/mol. The van der Waals surface area contributed by atoms with E-state index in [0.29, 0.717) is 5.69 Å². The standard InChI is InChI=1S/C15H21BN2O3/c1-14(2)15(3,4)21-16(20-14)11-7-8-17-9-12(11)18-13(19)10-5-6-10/h7-10H,5-6H2,1-4H3,(H,18,19). The van der Waals surface area contributed by atoms with Crippen LogP contribution in [0.2, 0.25) is 0 Å². The summed E-state index contributed by atoms with van der Waals surface area (Å²) in [6, 6.07) is 1.84. The van der Waals surface area contributed by atoms with Crippen LogP contribution in [0.5, 0.6) is 0 Å². The lowest BCUT2D eigenvalue weighted by Gasteiger charge is -2.32. The highest BCUT2D eigenvalue weighted by atomic mass is 16.7. The molecule has 1 saturated heterocycles. The second kappa shape index (κ2) is 4.82. The number of aromatic nitrogens is 1. The van der Waals surface area contributed by atoms with Crippen molar-refractivity contribution in [3.05, 3.63) is 18.5 Å². The van der Waals surface area contributed by atoms with Crippen LogP contribution >= 0.6 is 0 Å². The normalized spacial score (nSPS) is 23.1. The topological polar surface area (TPSA) is 60.5 Å². The molecular formula is C15H21BN2O3. The van der Waals surface area contributed by atoms with Gasteiger partial charge in [-0.05, 0) is 46.6 Å². The summed E-state index contributed by atoms with van der Waals surface area (Å²) in [5.74, 6) is 0.206. The van der Waals surface area contributed by atoms with Gasteiger partial charge in [0.25, 0.3) is 0 Å². The van der Waals surface area contributed by atoms with Gasteiger partial charge in [0.2, 0.25) is 5.91 Å². The number of nitrogens with one attached hydrogen (secondary N) is 1. The van der Waals surface area contributed by atoms with Crippen LogP contribution in [0.15, 0.2) is 18.5 Å². The van der Waals surface area contributed by atoms with Gasteiger partial charge in [0.15, 0.2) is 0 Å². The summed E-state index contributed by atoms with van der Waals surface area (Å²) < 4.78 is 12.1. The molecule has 1 aromatic rings. The van der Waals surface area contributed by atoms with E-state index in [1.165, 1.54) is 0 Å². The largest absolute Gasteiger partial charge is 0.497 e. The van der Waals surface area contributed by atoms with E-state index in [1.54, 1.807) is 12.4 Å². The number of carbonyl (C=O) groups is 1. The van der Waals surface area contributed by atoms with Crippen LogP contribution in [-0.2, 0) is 14.1 Å². The SMILES string of the molecule is CC1(C)OB(c2ccncc2NC(=O)C2CC2)OC1(C)C. The van der Waals surface area contributed by atoms with Gasteiger partial charge in [0.05, 0.1) is 23.1 Å². The van der Waals surface area contributed by atoms with Crippen LogP contribution in [0.4, 0.5) is 5.69 Å². The van der Waals surface area contributed by atoms with Crippen molar-refractivity contribution in [2.24, 2.45) is 5.92 Å². The zero-order valence-electron chi connectivity index (χ0n) is 13.0. The zero-order chi connectivity index (χ0) is 15.3. The number of anilines is 1. The quantitative estimate of drug-likeness (QED) is 0.860. The minimum absolute atomic E-state index is 0.0563. The first-order valence-electron chi connectivity index (χ1n) is 7.40. The summed E-state index contributed by atoms with van der Waals surface area (Å²) >= 11 is 0. The monoisotopic (exact) mass is 288 g/mol. The van der Waals surface area contributed by atoms with Crippen molar-refractivity contribution in [2.75, 3.05) is 5.32 Å². The number of rotatable bonds is 3. The third kappa shape index (κ3) is 2.70. The molecule has 5 nitrogen and oxygen atoms in total. The number of hydrogen-bond acceptors (Lipinski definition) is 4. The lowest BCUT2D eigenvalue weighted by atomic mass is 9.78. The highest BCUT2D eigenvalue weighted by Gasteiger charge is 2.52. The number of amides is 1. The van der Waals surface area contributed by atoms with Gasteiger partial charge >= 0.3 is 7.12 Å². The predicted octanol–water partition coefficient (Wildman–Crippen LogP) is 1.73. The van der Waals surface area contributed by atoms with E-state index in [1.807, 2.05) is 33.8 Å². The average molecular weight is 288 g/mol. The maximum atomic E-state index is 12.0. The second-order valence-corrected chi connectivity index (χ2v) is 6.81.